The number of halogens is 5. The summed E-state index contributed by atoms with van der Waals surface area (Å²) in [4.78, 5) is 12.0. The van der Waals surface area contributed by atoms with Gasteiger partial charge in [0.05, 0.1) is 17.0 Å². The molecule has 0 aliphatic carbocycles. The number of hydrogen-bond donors (Lipinski definition) is 2. The molecule has 0 saturated heterocycles. The lowest BCUT2D eigenvalue weighted by Crippen LogP contribution is -2.49. The quantitative estimate of drug-likeness (QED) is 0.551. The van der Waals surface area contributed by atoms with Crippen LogP contribution in [0.5, 0.6) is 0 Å². The van der Waals surface area contributed by atoms with Crippen LogP contribution < -0.4 is 10.6 Å². The van der Waals surface area contributed by atoms with Crippen LogP contribution in [-0.2, 0) is 0 Å². The van der Waals surface area contributed by atoms with Gasteiger partial charge in [0, 0.05) is 5.02 Å². The van der Waals surface area contributed by atoms with Gasteiger partial charge in [-0.3, -0.25) is 4.79 Å². The van der Waals surface area contributed by atoms with Crippen LogP contribution in [0, 0.1) is 0 Å². The summed E-state index contributed by atoms with van der Waals surface area (Å²) in [5.41, 5.74) is 0.408. The van der Waals surface area contributed by atoms with Crippen molar-refractivity contribution in [2.75, 3.05) is 5.32 Å². The first-order chi connectivity index (χ1) is 10.3. The SMILES string of the molecule is O=C(N[C@@H](Nc1cc(Cl)ccc1Cl)C(Cl)(Cl)Cl)c1ccco1. The number of anilines is 1. The Bertz CT molecular complexity index is 655. The van der Waals surface area contributed by atoms with Gasteiger partial charge in [0.2, 0.25) is 3.79 Å². The van der Waals surface area contributed by atoms with Gasteiger partial charge in [-0.2, -0.15) is 0 Å². The second-order valence-electron chi connectivity index (χ2n) is 4.19. The summed E-state index contributed by atoms with van der Waals surface area (Å²) in [6.45, 7) is 0. The van der Waals surface area contributed by atoms with E-state index in [1.807, 2.05) is 0 Å². The molecule has 2 aromatic rings. The number of alkyl halides is 3. The van der Waals surface area contributed by atoms with Crippen LogP contribution in [0.3, 0.4) is 0 Å². The molecule has 0 spiro atoms. The van der Waals surface area contributed by atoms with Gasteiger partial charge in [0.15, 0.2) is 5.76 Å². The van der Waals surface area contributed by atoms with E-state index in [0.717, 1.165) is 0 Å². The molecule has 0 aliphatic heterocycles. The van der Waals surface area contributed by atoms with Crippen molar-refractivity contribution in [2.45, 2.75) is 9.96 Å². The zero-order valence-corrected chi connectivity index (χ0v) is 14.5. The summed E-state index contributed by atoms with van der Waals surface area (Å²) in [6, 6.07) is 7.79. The summed E-state index contributed by atoms with van der Waals surface area (Å²) in [5.74, 6) is -0.467. The van der Waals surface area contributed by atoms with Crippen LogP contribution in [0.4, 0.5) is 5.69 Å². The predicted octanol–water partition coefficient (Wildman–Crippen LogP) is 5.12. The Morgan fingerprint density at radius 1 is 1.18 bits per heavy atom. The predicted molar refractivity (Wildman–Crippen MR) is 90.3 cm³/mol. The number of nitrogens with one attached hydrogen (secondary N) is 2. The van der Waals surface area contributed by atoms with Gasteiger partial charge in [-0.05, 0) is 30.3 Å². The Morgan fingerprint density at radius 3 is 2.50 bits per heavy atom. The largest absolute Gasteiger partial charge is 0.459 e. The Labute approximate surface area is 151 Å². The van der Waals surface area contributed by atoms with Crippen LogP contribution in [-0.4, -0.2) is 15.9 Å². The van der Waals surface area contributed by atoms with Gasteiger partial charge in [0.25, 0.3) is 5.91 Å². The first kappa shape index (κ1) is 17.6. The minimum absolute atomic E-state index is 0.0817. The second kappa shape index (κ2) is 7.20. The van der Waals surface area contributed by atoms with E-state index >= 15 is 0 Å². The molecule has 1 amide bonds. The zero-order chi connectivity index (χ0) is 16.3. The van der Waals surface area contributed by atoms with E-state index in [4.69, 9.17) is 62.4 Å². The van der Waals surface area contributed by atoms with Gasteiger partial charge in [0.1, 0.15) is 6.17 Å². The molecule has 1 aromatic heterocycles. The third kappa shape index (κ3) is 4.61. The van der Waals surface area contributed by atoms with E-state index in [9.17, 15) is 4.79 Å². The fraction of sp³-hybridized carbons (Fsp3) is 0.154. The lowest BCUT2D eigenvalue weighted by atomic mass is 10.3. The third-order valence-electron chi connectivity index (χ3n) is 2.58. The van der Waals surface area contributed by atoms with Crippen LogP contribution in [0.25, 0.3) is 0 Å². The molecule has 4 nitrogen and oxygen atoms in total. The van der Waals surface area contributed by atoms with Gasteiger partial charge in [-0.15, -0.1) is 0 Å². The van der Waals surface area contributed by atoms with Crippen molar-refractivity contribution in [3.63, 3.8) is 0 Å². The number of carbonyl (C=O) groups is 1. The molecule has 2 rings (SSSR count). The van der Waals surface area contributed by atoms with E-state index < -0.39 is 15.9 Å². The molecule has 118 valence electrons. The maximum Gasteiger partial charge on any atom is 0.288 e. The average molecular weight is 402 g/mol. The molecule has 9 heteroatoms. The van der Waals surface area contributed by atoms with Gasteiger partial charge in [-0.1, -0.05) is 58.0 Å². The first-order valence-electron chi connectivity index (χ1n) is 5.90. The smallest absolute Gasteiger partial charge is 0.288 e. The maximum atomic E-state index is 12.0. The Balaban J connectivity index is 2.20. The molecule has 1 atom stereocenters. The van der Waals surface area contributed by atoms with Crippen molar-refractivity contribution >= 4 is 69.6 Å². The highest BCUT2D eigenvalue weighted by Gasteiger charge is 2.35. The first-order valence-corrected chi connectivity index (χ1v) is 7.79. The molecule has 0 radical (unpaired) electrons. The fourth-order valence-electron chi connectivity index (χ4n) is 1.57. The molecular formula is C13H9Cl5N2O2. The molecular weight excluding hydrogens is 393 g/mol. The number of furan rings is 1. The molecule has 1 heterocycles. The van der Waals surface area contributed by atoms with Crippen molar-refractivity contribution in [1.82, 2.24) is 5.32 Å². The molecule has 0 fully saturated rings. The van der Waals surface area contributed by atoms with Crippen LogP contribution >= 0.6 is 58.0 Å². The van der Waals surface area contributed by atoms with Gasteiger partial charge in [-0.25, -0.2) is 0 Å². The summed E-state index contributed by atoms with van der Waals surface area (Å²) in [6.07, 6.45) is 0.298. The van der Waals surface area contributed by atoms with Crippen molar-refractivity contribution in [1.29, 1.82) is 0 Å². The van der Waals surface area contributed by atoms with Crippen LogP contribution in [0.15, 0.2) is 41.0 Å². The lowest BCUT2D eigenvalue weighted by molar-refractivity contribution is 0.0914. The highest BCUT2D eigenvalue weighted by Crippen LogP contribution is 2.33. The average Bonchev–Trinajstić information content (AvgIpc) is 2.95. The summed E-state index contributed by atoms with van der Waals surface area (Å²) < 4.78 is 3.15. The fourth-order valence-corrected chi connectivity index (χ4v) is 2.24. The highest BCUT2D eigenvalue weighted by molar-refractivity contribution is 6.68. The number of hydrogen-bond acceptors (Lipinski definition) is 3. The summed E-state index contributed by atoms with van der Waals surface area (Å²) in [7, 11) is 0. The maximum absolute atomic E-state index is 12.0. The van der Waals surface area contributed by atoms with Gasteiger partial charge < -0.3 is 15.1 Å². The van der Waals surface area contributed by atoms with Crippen LogP contribution in [0.2, 0.25) is 10.0 Å². The van der Waals surface area contributed by atoms with E-state index in [-0.39, 0.29) is 5.76 Å². The van der Waals surface area contributed by atoms with E-state index in [1.54, 1.807) is 24.3 Å². The van der Waals surface area contributed by atoms with Crippen molar-refractivity contribution in [2.24, 2.45) is 0 Å². The van der Waals surface area contributed by atoms with E-state index in [2.05, 4.69) is 10.6 Å². The number of benzene rings is 1. The normalized spacial score (nSPS) is 12.8. The molecule has 1 aromatic carbocycles. The Hall–Kier alpha value is -0.780. The molecule has 0 aliphatic rings. The molecule has 2 N–H and O–H groups in total. The number of amides is 1. The molecule has 22 heavy (non-hydrogen) atoms. The van der Waals surface area contributed by atoms with Crippen molar-refractivity contribution in [3.05, 3.63) is 52.4 Å². The van der Waals surface area contributed by atoms with Gasteiger partial charge >= 0.3 is 0 Å². The highest BCUT2D eigenvalue weighted by atomic mass is 35.6. The minimum Gasteiger partial charge on any atom is -0.459 e. The minimum atomic E-state index is -1.84. The Kier molecular flexibility index (Phi) is 5.75. The summed E-state index contributed by atoms with van der Waals surface area (Å²) >= 11 is 29.6. The second-order valence-corrected chi connectivity index (χ2v) is 7.41. The number of carbonyl (C=O) groups excluding carboxylic acids is 1. The van der Waals surface area contributed by atoms with Crippen molar-refractivity contribution in [3.8, 4) is 0 Å². The topological polar surface area (TPSA) is 54.3 Å². The third-order valence-corrected chi connectivity index (χ3v) is 3.80. The molecule has 0 saturated carbocycles. The number of rotatable bonds is 4. The van der Waals surface area contributed by atoms with E-state index in [1.165, 1.54) is 12.3 Å². The standard InChI is InChI=1S/C13H9Cl5N2O2/c14-7-3-4-8(15)9(6-7)19-12(13(16,17)18)20-11(21)10-2-1-5-22-10/h1-6,12,19H,(H,20,21)/t12-/m1/s1. The van der Waals surface area contributed by atoms with Crippen molar-refractivity contribution < 1.29 is 9.21 Å². The molecule has 0 unspecified atom stereocenters. The lowest BCUT2D eigenvalue weighted by Gasteiger charge is -2.27. The molecule has 0 bridgehead atoms. The summed E-state index contributed by atoms with van der Waals surface area (Å²) in [5, 5.41) is 6.14. The Morgan fingerprint density at radius 2 is 1.91 bits per heavy atom. The zero-order valence-electron chi connectivity index (χ0n) is 10.7. The monoisotopic (exact) mass is 400 g/mol. The van der Waals surface area contributed by atoms with Crippen LogP contribution in [0.1, 0.15) is 10.6 Å². The van der Waals surface area contributed by atoms with E-state index in [0.29, 0.717) is 15.7 Å².